The number of hydrogen-bond donors (Lipinski definition) is 0. The molecule has 0 bridgehead atoms. The molecule has 200 valence electrons. The van der Waals surface area contributed by atoms with Crippen molar-refractivity contribution in [2.75, 3.05) is 56.4 Å². The van der Waals surface area contributed by atoms with Crippen molar-refractivity contribution in [3.8, 4) is 11.3 Å². The van der Waals surface area contributed by atoms with Crippen LogP contribution in [0.15, 0.2) is 36.4 Å². The molecule has 3 aromatic rings. The van der Waals surface area contributed by atoms with Gasteiger partial charge in [0.05, 0.1) is 49.6 Å². The van der Waals surface area contributed by atoms with E-state index in [-0.39, 0.29) is 23.9 Å². The van der Waals surface area contributed by atoms with Gasteiger partial charge in [0.25, 0.3) is 0 Å². The summed E-state index contributed by atoms with van der Waals surface area (Å²) in [6.45, 7) is 9.10. The molecule has 2 saturated heterocycles. The molecule has 9 heteroatoms. The lowest BCUT2D eigenvalue weighted by Gasteiger charge is -2.37. The molecule has 38 heavy (non-hydrogen) atoms. The number of rotatable bonds is 6. The number of nitrogens with zero attached hydrogens (tertiary/aromatic N) is 6. The van der Waals surface area contributed by atoms with Crippen LogP contribution in [0.4, 0.5) is 11.8 Å². The predicted molar refractivity (Wildman–Crippen MR) is 147 cm³/mol. The number of carbonyl (C=O) groups excluding carboxylic acids is 1. The van der Waals surface area contributed by atoms with Crippen molar-refractivity contribution >= 4 is 28.7 Å². The number of hydrogen-bond acceptors (Lipinski definition) is 8. The molecular weight excluding hydrogens is 480 g/mol. The molecule has 1 saturated carbocycles. The first-order chi connectivity index (χ1) is 18.5. The lowest BCUT2D eigenvalue weighted by atomic mass is 10.1. The average Bonchev–Trinajstić information content (AvgIpc) is 3.78. The third-order valence-corrected chi connectivity index (χ3v) is 7.74. The van der Waals surface area contributed by atoms with Gasteiger partial charge in [-0.2, -0.15) is 9.97 Å². The monoisotopic (exact) mass is 516 g/mol. The zero-order valence-corrected chi connectivity index (χ0v) is 22.5. The van der Waals surface area contributed by atoms with Gasteiger partial charge in [-0.25, -0.2) is 4.98 Å². The summed E-state index contributed by atoms with van der Waals surface area (Å²) in [5, 5.41) is 0.943. The SMILES string of the molecule is C[C@H]1COCCN1c1nc(N2CCOC[C@@H]2C)c2ccc(-c3cccc(CN(C)C(=O)C4CC4)c3)nc2n1. The summed E-state index contributed by atoms with van der Waals surface area (Å²) >= 11 is 0. The molecule has 6 rings (SSSR count). The molecule has 0 spiro atoms. The van der Waals surface area contributed by atoms with Crippen molar-refractivity contribution in [3.63, 3.8) is 0 Å². The summed E-state index contributed by atoms with van der Waals surface area (Å²) in [6, 6.07) is 12.8. The fraction of sp³-hybridized carbons (Fsp3) is 0.517. The van der Waals surface area contributed by atoms with E-state index in [1.165, 1.54) is 0 Å². The molecule has 2 atom stereocenters. The van der Waals surface area contributed by atoms with Crippen LogP contribution in [0.5, 0.6) is 0 Å². The number of anilines is 2. The van der Waals surface area contributed by atoms with Gasteiger partial charge in [-0.05, 0) is 50.5 Å². The number of ether oxygens (including phenoxy) is 2. The first kappa shape index (κ1) is 25.0. The number of benzene rings is 1. The van der Waals surface area contributed by atoms with E-state index in [0.29, 0.717) is 44.6 Å². The summed E-state index contributed by atoms with van der Waals surface area (Å²) in [4.78, 5) is 33.9. The highest BCUT2D eigenvalue weighted by Crippen LogP contribution is 2.33. The Morgan fingerprint density at radius 2 is 1.71 bits per heavy atom. The van der Waals surface area contributed by atoms with Crippen LogP contribution in [-0.2, 0) is 20.8 Å². The van der Waals surface area contributed by atoms with Crippen LogP contribution in [0.1, 0.15) is 32.3 Å². The van der Waals surface area contributed by atoms with Crippen LogP contribution in [0.3, 0.4) is 0 Å². The first-order valence-corrected chi connectivity index (χ1v) is 13.7. The van der Waals surface area contributed by atoms with Crippen molar-refractivity contribution in [1.82, 2.24) is 19.9 Å². The zero-order valence-electron chi connectivity index (χ0n) is 22.5. The van der Waals surface area contributed by atoms with Gasteiger partial charge in [0, 0.05) is 38.2 Å². The van der Waals surface area contributed by atoms with E-state index in [4.69, 9.17) is 24.4 Å². The molecule has 2 aromatic heterocycles. The van der Waals surface area contributed by atoms with Crippen molar-refractivity contribution in [2.24, 2.45) is 5.92 Å². The Hall–Kier alpha value is -3.30. The molecule has 1 amide bonds. The van der Waals surface area contributed by atoms with Gasteiger partial charge in [0.2, 0.25) is 11.9 Å². The van der Waals surface area contributed by atoms with Crippen molar-refractivity contribution in [1.29, 1.82) is 0 Å². The van der Waals surface area contributed by atoms with Gasteiger partial charge < -0.3 is 24.2 Å². The maximum atomic E-state index is 12.5. The van der Waals surface area contributed by atoms with Crippen LogP contribution in [0.25, 0.3) is 22.3 Å². The molecule has 0 N–H and O–H groups in total. The summed E-state index contributed by atoms with van der Waals surface area (Å²) in [7, 11) is 1.89. The van der Waals surface area contributed by atoms with Gasteiger partial charge in [-0.3, -0.25) is 4.79 Å². The van der Waals surface area contributed by atoms with E-state index in [0.717, 1.165) is 54.0 Å². The number of carbonyl (C=O) groups is 1. The Labute approximate surface area is 223 Å². The number of morpholine rings is 2. The number of aromatic nitrogens is 3. The van der Waals surface area contributed by atoms with Crippen LogP contribution in [0, 0.1) is 5.92 Å². The molecule has 9 nitrogen and oxygen atoms in total. The highest BCUT2D eigenvalue weighted by Gasteiger charge is 2.32. The maximum absolute atomic E-state index is 12.5. The van der Waals surface area contributed by atoms with Gasteiger partial charge in [0.15, 0.2) is 5.65 Å². The standard InChI is InChI=1S/C29H36N6O3/c1-19-17-37-13-11-34(19)27-24-9-10-25(30-26(24)31-29(32-27)35-12-14-38-18-20(35)2)23-6-4-5-21(15-23)16-33(3)28(36)22-7-8-22/h4-6,9-10,15,19-20,22H,7-8,11-14,16-18H2,1-3H3/t19-,20-/m0/s1. The highest BCUT2D eigenvalue weighted by atomic mass is 16.5. The molecule has 1 aromatic carbocycles. The number of fused-ring (bicyclic) bond motifs is 1. The minimum absolute atomic E-state index is 0.186. The Balaban J connectivity index is 1.37. The lowest BCUT2D eigenvalue weighted by molar-refractivity contribution is -0.131. The van der Waals surface area contributed by atoms with E-state index in [1.54, 1.807) is 0 Å². The summed E-state index contributed by atoms with van der Waals surface area (Å²) in [6.07, 6.45) is 2.03. The van der Waals surface area contributed by atoms with Gasteiger partial charge in [-0.1, -0.05) is 18.2 Å². The van der Waals surface area contributed by atoms with E-state index in [1.807, 2.05) is 18.0 Å². The third kappa shape index (κ3) is 5.05. The van der Waals surface area contributed by atoms with Crippen LogP contribution < -0.4 is 9.80 Å². The van der Waals surface area contributed by atoms with Crippen LogP contribution in [0.2, 0.25) is 0 Å². The lowest BCUT2D eigenvalue weighted by Crippen LogP contribution is -2.46. The molecule has 3 aliphatic rings. The van der Waals surface area contributed by atoms with Crippen molar-refractivity contribution in [3.05, 3.63) is 42.0 Å². The molecule has 2 aliphatic heterocycles. The predicted octanol–water partition coefficient (Wildman–Crippen LogP) is 3.51. The average molecular weight is 517 g/mol. The second kappa shape index (κ2) is 10.5. The second-order valence-electron chi connectivity index (χ2n) is 10.8. The Bertz CT molecular complexity index is 1330. The van der Waals surface area contributed by atoms with Gasteiger partial charge in [0.1, 0.15) is 5.82 Å². The highest BCUT2D eigenvalue weighted by molar-refractivity contribution is 5.90. The maximum Gasteiger partial charge on any atom is 0.229 e. The van der Waals surface area contributed by atoms with Gasteiger partial charge in [-0.15, -0.1) is 0 Å². The number of amides is 1. The quantitative estimate of drug-likeness (QED) is 0.492. The number of pyridine rings is 1. The molecule has 3 fully saturated rings. The van der Waals surface area contributed by atoms with E-state index >= 15 is 0 Å². The third-order valence-electron chi connectivity index (χ3n) is 7.74. The molecule has 1 aliphatic carbocycles. The molecule has 0 radical (unpaired) electrons. The summed E-state index contributed by atoms with van der Waals surface area (Å²) in [5.41, 5.74) is 3.65. The van der Waals surface area contributed by atoms with Crippen molar-refractivity contribution < 1.29 is 14.3 Å². The molecular formula is C29H36N6O3. The van der Waals surface area contributed by atoms with E-state index in [9.17, 15) is 4.79 Å². The summed E-state index contributed by atoms with van der Waals surface area (Å²) < 4.78 is 11.4. The van der Waals surface area contributed by atoms with Gasteiger partial charge >= 0.3 is 0 Å². The largest absolute Gasteiger partial charge is 0.377 e. The molecule has 4 heterocycles. The Kier molecular flexibility index (Phi) is 6.88. The zero-order chi connectivity index (χ0) is 26.2. The summed E-state index contributed by atoms with van der Waals surface area (Å²) in [5.74, 6) is 2.07. The second-order valence-corrected chi connectivity index (χ2v) is 10.8. The fourth-order valence-electron chi connectivity index (χ4n) is 5.38. The van der Waals surface area contributed by atoms with Crippen molar-refractivity contribution in [2.45, 2.75) is 45.3 Å². The Morgan fingerprint density at radius 3 is 2.42 bits per heavy atom. The topological polar surface area (TPSA) is 83.9 Å². The van der Waals surface area contributed by atoms with Crippen LogP contribution in [-0.4, -0.2) is 84.4 Å². The smallest absolute Gasteiger partial charge is 0.229 e. The van der Waals surface area contributed by atoms with Crippen LogP contribution >= 0.6 is 0 Å². The fourth-order valence-corrected chi connectivity index (χ4v) is 5.38. The van der Waals surface area contributed by atoms with E-state index in [2.05, 4.69) is 54.0 Å². The Morgan fingerprint density at radius 1 is 0.974 bits per heavy atom. The molecule has 0 unspecified atom stereocenters. The minimum Gasteiger partial charge on any atom is -0.377 e. The normalized spacial score (nSPS) is 22.1. The van der Waals surface area contributed by atoms with E-state index < -0.39 is 0 Å². The first-order valence-electron chi connectivity index (χ1n) is 13.7. The minimum atomic E-state index is 0.186.